The Balaban J connectivity index is 0.00000161. The molecule has 108 valence electrons. The number of pyridine rings is 1. The third kappa shape index (κ3) is 3.29. The SMILES string of the molecule is Cl.O=C(NCc1ccc2oc(=O)[nH]c2c1)c1ccncc1. The van der Waals surface area contributed by atoms with Crippen molar-refractivity contribution in [3.63, 3.8) is 0 Å². The highest BCUT2D eigenvalue weighted by Crippen LogP contribution is 2.12. The third-order valence-corrected chi connectivity index (χ3v) is 2.88. The molecule has 1 amide bonds. The van der Waals surface area contributed by atoms with Gasteiger partial charge in [-0.2, -0.15) is 0 Å². The van der Waals surface area contributed by atoms with E-state index in [9.17, 15) is 9.59 Å². The van der Waals surface area contributed by atoms with Crippen LogP contribution in [0.3, 0.4) is 0 Å². The largest absolute Gasteiger partial charge is 0.417 e. The van der Waals surface area contributed by atoms with E-state index in [1.54, 1.807) is 42.7 Å². The molecule has 2 aromatic heterocycles. The summed E-state index contributed by atoms with van der Waals surface area (Å²) < 4.78 is 4.91. The number of rotatable bonds is 3. The summed E-state index contributed by atoms with van der Waals surface area (Å²) in [6, 6.07) is 8.55. The van der Waals surface area contributed by atoms with Gasteiger partial charge in [0.25, 0.3) is 5.91 Å². The first kappa shape index (κ1) is 14.8. The first-order chi connectivity index (χ1) is 9.72. The van der Waals surface area contributed by atoms with E-state index in [1.165, 1.54) is 0 Å². The molecular formula is C14H12ClN3O3. The number of oxazole rings is 1. The summed E-state index contributed by atoms with van der Waals surface area (Å²) in [5.41, 5.74) is 2.54. The molecule has 3 aromatic rings. The quantitative estimate of drug-likeness (QED) is 0.773. The second kappa shape index (κ2) is 6.23. The molecule has 2 heterocycles. The van der Waals surface area contributed by atoms with Gasteiger partial charge in [0.15, 0.2) is 5.58 Å². The first-order valence-corrected chi connectivity index (χ1v) is 6.02. The van der Waals surface area contributed by atoms with E-state index < -0.39 is 5.76 Å². The maximum atomic E-state index is 11.9. The lowest BCUT2D eigenvalue weighted by Gasteiger charge is -2.05. The van der Waals surface area contributed by atoms with Gasteiger partial charge < -0.3 is 9.73 Å². The van der Waals surface area contributed by atoms with Crippen LogP contribution in [-0.4, -0.2) is 15.9 Å². The first-order valence-electron chi connectivity index (χ1n) is 6.02. The topological polar surface area (TPSA) is 88.0 Å². The number of nitrogens with zero attached hydrogens (tertiary/aromatic N) is 1. The van der Waals surface area contributed by atoms with Gasteiger partial charge in [-0.3, -0.25) is 14.8 Å². The highest BCUT2D eigenvalue weighted by atomic mass is 35.5. The van der Waals surface area contributed by atoms with Crippen LogP contribution in [-0.2, 0) is 6.54 Å². The molecule has 1 aromatic carbocycles. The highest BCUT2D eigenvalue weighted by Gasteiger charge is 2.06. The number of carbonyl (C=O) groups excluding carboxylic acids is 1. The Labute approximate surface area is 125 Å². The van der Waals surface area contributed by atoms with Gasteiger partial charge in [0.05, 0.1) is 5.52 Å². The van der Waals surface area contributed by atoms with Crippen molar-refractivity contribution in [2.24, 2.45) is 0 Å². The molecule has 0 radical (unpaired) electrons. The fourth-order valence-electron chi connectivity index (χ4n) is 1.90. The summed E-state index contributed by atoms with van der Waals surface area (Å²) >= 11 is 0. The van der Waals surface area contributed by atoms with Crippen molar-refractivity contribution in [2.75, 3.05) is 0 Å². The minimum Gasteiger partial charge on any atom is -0.408 e. The molecule has 21 heavy (non-hydrogen) atoms. The van der Waals surface area contributed by atoms with Crippen LogP contribution in [0.5, 0.6) is 0 Å². The molecule has 2 N–H and O–H groups in total. The highest BCUT2D eigenvalue weighted by molar-refractivity contribution is 5.93. The smallest absolute Gasteiger partial charge is 0.408 e. The van der Waals surface area contributed by atoms with Crippen LogP contribution in [0.25, 0.3) is 11.1 Å². The Kier molecular flexibility index (Phi) is 4.39. The Bertz CT molecular complexity index is 811. The predicted molar refractivity (Wildman–Crippen MR) is 79.5 cm³/mol. The van der Waals surface area contributed by atoms with Crippen molar-refractivity contribution < 1.29 is 9.21 Å². The zero-order chi connectivity index (χ0) is 13.9. The summed E-state index contributed by atoms with van der Waals surface area (Å²) in [5.74, 6) is -0.661. The molecule has 0 saturated heterocycles. The average Bonchev–Trinajstić information content (AvgIpc) is 2.85. The standard InChI is InChI=1S/C14H11N3O3.ClH/c18-13(10-3-5-15-6-4-10)16-8-9-1-2-12-11(7-9)17-14(19)20-12;/h1-7H,8H2,(H,16,18)(H,17,19);1H. The van der Waals surface area contributed by atoms with E-state index in [0.717, 1.165) is 5.56 Å². The van der Waals surface area contributed by atoms with Crippen LogP contribution < -0.4 is 11.1 Å². The normalized spacial score (nSPS) is 10.1. The van der Waals surface area contributed by atoms with E-state index in [4.69, 9.17) is 4.42 Å². The Morgan fingerprint density at radius 2 is 2.00 bits per heavy atom. The molecule has 0 aliphatic heterocycles. The molecule has 0 saturated carbocycles. The molecule has 0 spiro atoms. The number of hydrogen-bond donors (Lipinski definition) is 2. The molecule has 7 heteroatoms. The summed E-state index contributed by atoms with van der Waals surface area (Å²) in [6.07, 6.45) is 3.13. The summed E-state index contributed by atoms with van der Waals surface area (Å²) in [4.78, 5) is 29.4. The molecule has 0 aliphatic carbocycles. The number of benzene rings is 1. The van der Waals surface area contributed by atoms with Crippen LogP contribution in [0, 0.1) is 0 Å². The maximum Gasteiger partial charge on any atom is 0.417 e. The summed E-state index contributed by atoms with van der Waals surface area (Å²) in [5, 5.41) is 2.80. The van der Waals surface area contributed by atoms with Gasteiger partial charge in [-0.1, -0.05) is 6.07 Å². The van der Waals surface area contributed by atoms with Gasteiger partial charge in [-0.25, -0.2) is 4.79 Å². The van der Waals surface area contributed by atoms with Gasteiger partial charge in [-0.05, 0) is 29.8 Å². The lowest BCUT2D eigenvalue weighted by Crippen LogP contribution is -2.22. The lowest BCUT2D eigenvalue weighted by molar-refractivity contribution is 0.0951. The van der Waals surface area contributed by atoms with Crippen LogP contribution in [0.4, 0.5) is 0 Å². The summed E-state index contributed by atoms with van der Waals surface area (Å²) in [6.45, 7) is 0.365. The van der Waals surface area contributed by atoms with Crippen LogP contribution in [0.15, 0.2) is 51.9 Å². The van der Waals surface area contributed by atoms with Crippen molar-refractivity contribution in [3.8, 4) is 0 Å². The van der Waals surface area contributed by atoms with Gasteiger partial charge in [0.2, 0.25) is 0 Å². The molecule has 0 atom stereocenters. The van der Waals surface area contributed by atoms with E-state index in [0.29, 0.717) is 23.2 Å². The molecular weight excluding hydrogens is 294 g/mol. The fourth-order valence-corrected chi connectivity index (χ4v) is 1.90. The number of aromatic amines is 1. The maximum absolute atomic E-state index is 11.9. The number of hydrogen-bond acceptors (Lipinski definition) is 4. The third-order valence-electron chi connectivity index (χ3n) is 2.88. The molecule has 6 nitrogen and oxygen atoms in total. The van der Waals surface area contributed by atoms with Crippen molar-refractivity contribution in [3.05, 3.63) is 64.4 Å². The van der Waals surface area contributed by atoms with E-state index in [-0.39, 0.29) is 18.3 Å². The van der Waals surface area contributed by atoms with Crippen molar-refractivity contribution in [1.82, 2.24) is 15.3 Å². The fraction of sp³-hybridized carbons (Fsp3) is 0.0714. The van der Waals surface area contributed by atoms with E-state index in [1.807, 2.05) is 0 Å². The van der Waals surface area contributed by atoms with Crippen molar-refractivity contribution in [2.45, 2.75) is 6.54 Å². The zero-order valence-electron chi connectivity index (χ0n) is 10.8. The predicted octanol–water partition coefficient (Wildman–Crippen LogP) is 1.87. The molecule has 3 rings (SSSR count). The Hall–Kier alpha value is -2.60. The van der Waals surface area contributed by atoms with Gasteiger partial charge in [0, 0.05) is 24.5 Å². The van der Waals surface area contributed by atoms with E-state index in [2.05, 4.69) is 15.3 Å². The number of nitrogens with one attached hydrogen (secondary N) is 2. The number of halogens is 1. The number of fused-ring (bicyclic) bond motifs is 1. The van der Waals surface area contributed by atoms with Crippen LogP contribution >= 0.6 is 12.4 Å². The van der Waals surface area contributed by atoms with Crippen molar-refractivity contribution >= 4 is 29.4 Å². The second-order valence-corrected chi connectivity index (χ2v) is 4.26. The Morgan fingerprint density at radius 3 is 2.76 bits per heavy atom. The molecule has 0 unspecified atom stereocenters. The number of H-pyrrole nitrogens is 1. The average molecular weight is 306 g/mol. The molecule has 0 fully saturated rings. The van der Waals surface area contributed by atoms with Gasteiger partial charge in [-0.15, -0.1) is 12.4 Å². The van der Waals surface area contributed by atoms with Gasteiger partial charge >= 0.3 is 5.76 Å². The van der Waals surface area contributed by atoms with Crippen LogP contribution in [0.2, 0.25) is 0 Å². The lowest BCUT2D eigenvalue weighted by atomic mass is 10.2. The Morgan fingerprint density at radius 1 is 1.24 bits per heavy atom. The number of amides is 1. The number of aromatic nitrogens is 2. The van der Waals surface area contributed by atoms with Gasteiger partial charge in [0.1, 0.15) is 0 Å². The minimum atomic E-state index is -0.488. The van der Waals surface area contributed by atoms with Crippen LogP contribution in [0.1, 0.15) is 15.9 Å². The monoisotopic (exact) mass is 305 g/mol. The van der Waals surface area contributed by atoms with E-state index >= 15 is 0 Å². The number of carbonyl (C=O) groups is 1. The molecule has 0 bridgehead atoms. The minimum absolute atomic E-state index is 0. The molecule has 0 aliphatic rings. The van der Waals surface area contributed by atoms with Crippen molar-refractivity contribution in [1.29, 1.82) is 0 Å². The zero-order valence-corrected chi connectivity index (χ0v) is 11.6. The summed E-state index contributed by atoms with van der Waals surface area (Å²) in [7, 11) is 0. The second-order valence-electron chi connectivity index (χ2n) is 4.26.